The summed E-state index contributed by atoms with van der Waals surface area (Å²) < 4.78 is 0. The predicted octanol–water partition coefficient (Wildman–Crippen LogP) is 10.7. The van der Waals surface area contributed by atoms with Gasteiger partial charge < -0.3 is 10.2 Å². The molecule has 0 fully saturated rings. The standard InChI is InChI=1S/C46H32N2O2/c49-37-25-21-29-19-23-33-39(27-11-3-1-4-12-27)31-15-7-9-17-35(31)47-45(33)41(29)43(37)44-38(50)26-22-30-20-24-34-40(28-13-5-2-6-14-28)32-16-8-10-18-36(32)48-46(34)42(30)44/h1-18,21-22,25-26,49-50H,19-20,23-24H2. The average Bonchev–Trinajstić information content (AvgIpc) is 3.17. The molecule has 2 aromatic heterocycles. The summed E-state index contributed by atoms with van der Waals surface area (Å²) in [6.07, 6.45) is 3.24. The zero-order valence-corrected chi connectivity index (χ0v) is 27.3. The highest BCUT2D eigenvalue weighted by atomic mass is 16.3. The Morgan fingerprint density at radius 2 is 0.760 bits per heavy atom. The van der Waals surface area contributed by atoms with Gasteiger partial charge in [0, 0.05) is 33.0 Å². The van der Waals surface area contributed by atoms with E-state index in [9.17, 15) is 10.2 Å². The van der Waals surface area contributed by atoms with Gasteiger partial charge in [-0.3, -0.25) is 0 Å². The lowest BCUT2D eigenvalue weighted by atomic mass is 9.76. The lowest BCUT2D eigenvalue weighted by molar-refractivity contribution is 0.469. The van der Waals surface area contributed by atoms with E-state index in [1.165, 1.54) is 11.1 Å². The van der Waals surface area contributed by atoms with Gasteiger partial charge in [-0.2, -0.15) is 0 Å². The van der Waals surface area contributed by atoms with E-state index in [1.54, 1.807) is 12.1 Å². The number of aromatic nitrogens is 2. The van der Waals surface area contributed by atoms with Gasteiger partial charge in [0.1, 0.15) is 11.5 Å². The quantitative estimate of drug-likeness (QED) is 0.201. The van der Waals surface area contributed by atoms with Crippen LogP contribution in [-0.4, -0.2) is 20.2 Å². The van der Waals surface area contributed by atoms with E-state index >= 15 is 0 Å². The molecule has 2 aliphatic rings. The number of phenolic OH excluding ortho intramolecular Hbond substituents is 2. The maximum Gasteiger partial charge on any atom is 0.124 e. The SMILES string of the molecule is Oc1ccc2c(c1-c1c(O)ccc3c1-c1nc4ccccc4c(-c4ccccc4)c1CC3)-c1nc3ccccc3c(-c3ccccc3)c1CC2. The van der Waals surface area contributed by atoms with Crippen LogP contribution in [0.5, 0.6) is 11.5 Å². The van der Waals surface area contributed by atoms with Gasteiger partial charge in [-0.15, -0.1) is 0 Å². The summed E-state index contributed by atoms with van der Waals surface area (Å²) in [6.45, 7) is 0. The van der Waals surface area contributed by atoms with Crippen molar-refractivity contribution in [2.75, 3.05) is 0 Å². The Morgan fingerprint density at radius 3 is 1.20 bits per heavy atom. The van der Waals surface area contributed by atoms with E-state index in [1.807, 2.05) is 36.4 Å². The predicted molar refractivity (Wildman–Crippen MR) is 202 cm³/mol. The molecule has 0 saturated heterocycles. The number of aromatic hydroxyl groups is 2. The van der Waals surface area contributed by atoms with Crippen LogP contribution in [0.15, 0.2) is 133 Å². The molecule has 0 radical (unpaired) electrons. The van der Waals surface area contributed by atoms with E-state index in [0.717, 1.165) is 103 Å². The first kappa shape index (κ1) is 28.7. The van der Waals surface area contributed by atoms with E-state index in [-0.39, 0.29) is 11.5 Å². The first-order chi connectivity index (χ1) is 24.7. The summed E-state index contributed by atoms with van der Waals surface area (Å²) >= 11 is 0. The minimum Gasteiger partial charge on any atom is -0.507 e. The van der Waals surface area contributed by atoms with Gasteiger partial charge >= 0.3 is 0 Å². The van der Waals surface area contributed by atoms with Gasteiger partial charge in [0.2, 0.25) is 0 Å². The average molecular weight is 645 g/mol. The van der Waals surface area contributed by atoms with Crippen LogP contribution in [0.2, 0.25) is 0 Å². The largest absolute Gasteiger partial charge is 0.507 e. The summed E-state index contributed by atoms with van der Waals surface area (Å²) in [5, 5.41) is 26.2. The molecule has 2 heterocycles. The fourth-order valence-electron chi connectivity index (χ4n) is 8.53. The number of hydrogen-bond acceptors (Lipinski definition) is 4. The summed E-state index contributed by atoms with van der Waals surface area (Å²) in [5.74, 6) is 0.237. The van der Waals surface area contributed by atoms with Crippen molar-refractivity contribution < 1.29 is 10.2 Å². The second kappa shape index (κ2) is 11.1. The first-order valence-electron chi connectivity index (χ1n) is 17.3. The summed E-state index contributed by atoms with van der Waals surface area (Å²) in [5.41, 5.74) is 15.7. The number of hydrogen-bond donors (Lipinski definition) is 2. The number of nitrogens with zero attached hydrogens (tertiary/aromatic N) is 2. The Hall–Kier alpha value is -6.26. The van der Waals surface area contributed by atoms with Gasteiger partial charge in [-0.1, -0.05) is 109 Å². The molecule has 0 spiro atoms. The number of benzene rings is 6. The van der Waals surface area contributed by atoms with E-state index in [4.69, 9.17) is 9.97 Å². The van der Waals surface area contributed by atoms with Crippen molar-refractivity contribution in [3.63, 3.8) is 0 Å². The zero-order valence-electron chi connectivity index (χ0n) is 27.3. The minimum absolute atomic E-state index is 0.118. The number of aryl methyl sites for hydroxylation is 2. The molecule has 2 N–H and O–H groups in total. The van der Waals surface area contributed by atoms with Crippen LogP contribution in [0.4, 0.5) is 0 Å². The van der Waals surface area contributed by atoms with Crippen molar-refractivity contribution in [1.82, 2.24) is 9.97 Å². The molecule has 0 aliphatic heterocycles. The molecule has 0 atom stereocenters. The normalized spacial score (nSPS) is 13.0. The number of para-hydroxylation sites is 2. The molecular formula is C46H32N2O2. The molecule has 238 valence electrons. The van der Waals surface area contributed by atoms with Crippen LogP contribution in [0, 0.1) is 0 Å². The fraction of sp³-hybridized carbons (Fsp3) is 0.0870. The Bertz CT molecular complexity index is 2480. The van der Waals surface area contributed by atoms with Gasteiger partial charge in [-0.05, 0) is 94.5 Å². The fourth-order valence-corrected chi connectivity index (χ4v) is 8.53. The van der Waals surface area contributed by atoms with Crippen molar-refractivity contribution in [3.05, 3.63) is 156 Å². The Labute approximate surface area is 290 Å². The van der Waals surface area contributed by atoms with Crippen molar-refractivity contribution >= 4 is 21.8 Å². The molecule has 8 aromatic rings. The molecule has 6 aromatic carbocycles. The van der Waals surface area contributed by atoms with Crippen molar-refractivity contribution in [2.45, 2.75) is 25.7 Å². The summed E-state index contributed by atoms with van der Waals surface area (Å²) in [6, 6.07) is 45.3. The third-order valence-corrected chi connectivity index (χ3v) is 10.7. The molecule has 4 nitrogen and oxygen atoms in total. The molecular weight excluding hydrogens is 613 g/mol. The van der Waals surface area contributed by atoms with Gasteiger partial charge in [0.25, 0.3) is 0 Å². The second-order valence-electron chi connectivity index (χ2n) is 13.4. The third kappa shape index (κ3) is 4.25. The highest BCUT2D eigenvalue weighted by molar-refractivity contribution is 6.07. The number of rotatable bonds is 3. The van der Waals surface area contributed by atoms with Crippen LogP contribution < -0.4 is 0 Å². The Balaban J connectivity index is 1.31. The highest BCUT2D eigenvalue weighted by Crippen LogP contribution is 2.54. The van der Waals surface area contributed by atoms with Crippen molar-refractivity contribution in [2.24, 2.45) is 0 Å². The second-order valence-corrected chi connectivity index (χ2v) is 13.4. The summed E-state index contributed by atoms with van der Waals surface area (Å²) in [4.78, 5) is 10.7. The van der Waals surface area contributed by atoms with Crippen LogP contribution in [0.1, 0.15) is 22.3 Å². The smallest absolute Gasteiger partial charge is 0.124 e. The van der Waals surface area contributed by atoms with E-state index < -0.39 is 0 Å². The lowest BCUT2D eigenvalue weighted by Crippen LogP contribution is -2.12. The first-order valence-corrected chi connectivity index (χ1v) is 17.3. The van der Waals surface area contributed by atoms with E-state index in [2.05, 4.69) is 84.9 Å². The number of fused-ring (bicyclic) bond motifs is 8. The molecule has 10 rings (SSSR count). The zero-order chi connectivity index (χ0) is 33.3. The number of pyridine rings is 2. The molecule has 0 amide bonds. The van der Waals surface area contributed by atoms with Crippen molar-refractivity contribution in [3.8, 4) is 67.4 Å². The van der Waals surface area contributed by atoms with Crippen LogP contribution in [0.25, 0.3) is 77.7 Å². The number of phenols is 2. The minimum atomic E-state index is 0.118. The maximum atomic E-state index is 12.0. The maximum absolute atomic E-state index is 12.0. The topological polar surface area (TPSA) is 66.2 Å². The van der Waals surface area contributed by atoms with Crippen LogP contribution >= 0.6 is 0 Å². The highest BCUT2D eigenvalue weighted by Gasteiger charge is 2.33. The molecule has 0 unspecified atom stereocenters. The van der Waals surface area contributed by atoms with Gasteiger partial charge in [-0.25, -0.2) is 9.97 Å². The molecule has 4 heteroatoms. The monoisotopic (exact) mass is 644 g/mol. The van der Waals surface area contributed by atoms with Crippen LogP contribution in [-0.2, 0) is 25.7 Å². The molecule has 2 aliphatic carbocycles. The van der Waals surface area contributed by atoms with Crippen LogP contribution in [0.3, 0.4) is 0 Å². The third-order valence-electron chi connectivity index (χ3n) is 10.7. The molecule has 0 bridgehead atoms. The summed E-state index contributed by atoms with van der Waals surface area (Å²) in [7, 11) is 0. The molecule has 50 heavy (non-hydrogen) atoms. The van der Waals surface area contributed by atoms with Crippen molar-refractivity contribution in [1.29, 1.82) is 0 Å². The Morgan fingerprint density at radius 1 is 0.360 bits per heavy atom. The van der Waals surface area contributed by atoms with Gasteiger partial charge in [0.15, 0.2) is 0 Å². The lowest BCUT2D eigenvalue weighted by Gasteiger charge is -2.29. The van der Waals surface area contributed by atoms with E-state index in [0.29, 0.717) is 11.1 Å². The molecule has 0 saturated carbocycles. The van der Waals surface area contributed by atoms with Gasteiger partial charge in [0.05, 0.1) is 22.4 Å². The Kier molecular flexibility index (Phi) is 6.40.